The molecule has 0 fully saturated rings. The van der Waals surface area contributed by atoms with Gasteiger partial charge in [-0.25, -0.2) is 15.8 Å². The van der Waals surface area contributed by atoms with Crippen LogP contribution in [0, 0.1) is 6.92 Å². The van der Waals surface area contributed by atoms with Crippen LogP contribution in [0.15, 0.2) is 23.6 Å². The lowest BCUT2D eigenvalue weighted by molar-refractivity contribution is 1.08. The van der Waals surface area contributed by atoms with Crippen LogP contribution in [0.4, 0.5) is 5.95 Å². The van der Waals surface area contributed by atoms with Crippen molar-refractivity contribution in [2.75, 3.05) is 5.43 Å². The van der Waals surface area contributed by atoms with Crippen molar-refractivity contribution in [1.82, 2.24) is 9.97 Å². The molecule has 2 heterocycles. The SMILES string of the molecule is Cc1cc(-c2cccs2)nc(NN)n1. The average molecular weight is 206 g/mol. The summed E-state index contributed by atoms with van der Waals surface area (Å²) in [5, 5.41) is 2.02. The molecule has 0 aliphatic carbocycles. The van der Waals surface area contributed by atoms with Crippen LogP contribution >= 0.6 is 11.3 Å². The van der Waals surface area contributed by atoms with Crippen molar-refractivity contribution in [3.63, 3.8) is 0 Å². The third kappa shape index (κ3) is 1.73. The van der Waals surface area contributed by atoms with E-state index in [0.717, 1.165) is 16.3 Å². The van der Waals surface area contributed by atoms with Gasteiger partial charge in [-0.2, -0.15) is 0 Å². The van der Waals surface area contributed by atoms with E-state index in [4.69, 9.17) is 5.84 Å². The summed E-state index contributed by atoms with van der Waals surface area (Å²) >= 11 is 1.65. The Morgan fingerprint density at radius 1 is 1.43 bits per heavy atom. The minimum atomic E-state index is 0.452. The minimum Gasteiger partial charge on any atom is -0.292 e. The van der Waals surface area contributed by atoms with Gasteiger partial charge in [-0.05, 0) is 24.4 Å². The van der Waals surface area contributed by atoms with Crippen LogP contribution in [0.5, 0.6) is 0 Å². The fraction of sp³-hybridized carbons (Fsp3) is 0.111. The first-order valence-electron chi connectivity index (χ1n) is 4.16. The van der Waals surface area contributed by atoms with Crippen LogP contribution in [0.25, 0.3) is 10.6 Å². The molecule has 0 amide bonds. The third-order valence-electron chi connectivity index (χ3n) is 1.76. The van der Waals surface area contributed by atoms with Gasteiger partial charge in [0.1, 0.15) is 0 Å². The van der Waals surface area contributed by atoms with Crippen molar-refractivity contribution < 1.29 is 0 Å². The number of hydrazine groups is 1. The molecule has 0 aliphatic rings. The van der Waals surface area contributed by atoms with Gasteiger partial charge in [0, 0.05) is 5.69 Å². The third-order valence-corrected chi connectivity index (χ3v) is 2.65. The Hall–Kier alpha value is -1.46. The van der Waals surface area contributed by atoms with Gasteiger partial charge in [-0.3, -0.25) is 5.43 Å². The molecule has 0 radical (unpaired) electrons. The molecule has 72 valence electrons. The normalized spacial score (nSPS) is 10.1. The molecule has 0 aliphatic heterocycles. The van der Waals surface area contributed by atoms with Gasteiger partial charge in [0.15, 0.2) is 0 Å². The van der Waals surface area contributed by atoms with Crippen LogP contribution in [0.2, 0.25) is 0 Å². The van der Waals surface area contributed by atoms with Crippen LogP contribution in [-0.2, 0) is 0 Å². The zero-order chi connectivity index (χ0) is 9.97. The predicted molar refractivity (Wildman–Crippen MR) is 57.9 cm³/mol. The molecule has 0 spiro atoms. The molecule has 2 rings (SSSR count). The topological polar surface area (TPSA) is 63.8 Å². The number of anilines is 1. The van der Waals surface area contributed by atoms with Crippen molar-refractivity contribution in [2.24, 2.45) is 5.84 Å². The van der Waals surface area contributed by atoms with Crippen molar-refractivity contribution in [3.8, 4) is 10.6 Å². The lowest BCUT2D eigenvalue weighted by atomic mass is 10.3. The highest BCUT2D eigenvalue weighted by Gasteiger charge is 2.03. The van der Waals surface area contributed by atoms with Gasteiger partial charge < -0.3 is 0 Å². The summed E-state index contributed by atoms with van der Waals surface area (Å²) in [7, 11) is 0. The standard InChI is InChI=1S/C9H10N4S/c1-6-5-7(8-3-2-4-14-8)12-9(11-6)13-10/h2-5H,10H2,1H3,(H,11,12,13). The number of hydrogen-bond acceptors (Lipinski definition) is 5. The van der Waals surface area contributed by atoms with Gasteiger partial charge in [0.25, 0.3) is 0 Å². The maximum atomic E-state index is 5.27. The Morgan fingerprint density at radius 3 is 2.93 bits per heavy atom. The van der Waals surface area contributed by atoms with E-state index in [2.05, 4.69) is 15.4 Å². The molecule has 0 aromatic carbocycles. The molecule has 0 atom stereocenters. The van der Waals surface area contributed by atoms with Crippen molar-refractivity contribution in [3.05, 3.63) is 29.3 Å². The zero-order valence-electron chi connectivity index (χ0n) is 7.69. The van der Waals surface area contributed by atoms with E-state index in [-0.39, 0.29) is 0 Å². The summed E-state index contributed by atoms with van der Waals surface area (Å²) in [5.41, 5.74) is 4.26. The lowest BCUT2D eigenvalue weighted by Gasteiger charge is -2.02. The summed E-state index contributed by atoms with van der Waals surface area (Å²) in [6, 6.07) is 5.95. The van der Waals surface area contributed by atoms with E-state index in [9.17, 15) is 0 Å². The molecule has 3 N–H and O–H groups in total. The quantitative estimate of drug-likeness (QED) is 0.581. The zero-order valence-corrected chi connectivity index (χ0v) is 8.51. The fourth-order valence-electron chi connectivity index (χ4n) is 1.18. The second-order valence-electron chi connectivity index (χ2n) is 2.84. The highest BCUT2D eigenvalue weighted by molar-refractivity contribution is 7.13. The maximum Gasteiger partial charge on any atom is 0.237 e. The van der Waals surface area contributed by atoms with Crippen LogP contribution in [0.3, 0.4) is 0 Å². The maximum absolute atomic E-state index is 5.27. The van der Waals surface area contributed by atoms with E-state index >= 15 is 0 Å². The lowest BCUT2D eigenvalue weighted by Crippen LogP contribution is -2.11. The first-order valence-corrected chi connectivity index (χ1v) is 5.04. The van der Waals surface area contributed by atoms with Crippen LogP contribution in [-0.4, -0.2) is 9.97 Å². The van der Waals surface area contributed by atoms with E-state index < -0.39 is 0 Å². The van der Waals surface area contributed by atoms with Gasteiger partial charge in [0.2, 0.25) is 5.95 Å². The highest BCUT2D eigenvalue weighted by atomic mass is 32.1. The number of hydrogen-bond donors (Lipinski definition) is 2. The summed E-state index contributed by atoms with van der Waals surface area (Å²) in [6.07, 6.45) is 0. The molecule has 2 aromatic heterocycles. The summed E-state index contributed by atoms with van der Waals surface area (Å²) in [5.74, 6) is 5.72. The summed E-state index contributed by atoms with van der Waals surface area (Å²) < 4.78 is 0. The van der Waals surface area contributed by atoms with Crippen molar-refractivity contribution in [1.29, 1.82) is 0 Å². The first kappa shape index (κ1) is 9.11. The predicted octanol–water partition coefficient (Wildman–Crippen LogP) is 1.80. The Morgan fingerprint density at radius 2 is 2.29 bits per heavy atom. The highest BCUT2D eigenvalue weighted by Crippen LogP contribution is 2.23. The summed E-state index contributed by atoms with van der Waals surface area (Å²) in [6.45, 7) is 1.92. The number of aryl methyl sites for hydroxylation is 1. The molecule has 0 unspecified atom stereocenters. The van der Waals surface area contributed by atoms with Gasteiger partial charge in [0.05, 0.1) is 10.6 Å². The number of nitrogens with zero attached hydrogens (tertiary/aromatic N) is 2. The summed E-state index contributed by atoms with van der Waals surface area (Å²) in [4.78, 5) is 9.49. The monoisotopic (exact) mass is 206 g/mol. The Labute approximate surface area is 85.8 Å². The van der Waals surface area contributed by atoms with E-state index in [0.29, 0.717) is 5.95 Å². The van der Waals surface area contributed by atoms with Gasteiger partial charge >= 0.3 is 0 Å². The van der Waals surface area contributed by atoms with Crippen molar-refractivity contribution >= 4 is 17.3 Å². The van der Waals surface area contributed by atoms with Crippen LogP contribution < -0.4 is 11.3 Å². The van der Waals surface area contributed by atoms with Crippen LogP contribution in [0.1, 0.15) is 5.69 Å². The number of rotatable bonds is 2. The Balaban J connectivity index is 2.48. The molecule has 0 saturated carbocycles. The Bertz CT molecular complexity index is 424. The van der Waals surface area contributed by atoms with Gasteiger partial charge in [-0.15, -0.1) is 11.3 Å². The van der Waals surface area contributed by atoms with Gasteiger partial charge in [-0.1, -0.05) is 6.07 Å². The number of aromatic nitrogens is 2. The van der Waals surface area contributed by atoms with E-state index in [1.54, 1.807) is 11.3 Å². The van der Waals surface area contributed by atoms with Crippen molar-refractivity contribution in [2.45, 2.75) is 6.92 Å². The molecule has 5 heteroatoms. The van der Waals surface area contributed by atoms with E-state index in [1.165, 1.54) is 0 Å². The second-order valence-corrected chi connectivity index (χ2v) is 3.79. The molecule has 2 aromatic rings. The number of nitrogens with one attached hydrogen (secondary N) is 1. The second kappa shape index (κ2) is 3.73. The number of nitrogen functional groups attached to an aromatic ring is 1. The first-order chi connectivity index (χ1) is 6.79. The minimum absolute atomic E-state index is 0.452. The molecular formula is C9H10N4S. The largest absolute Gasteiger partial charge is 0.292 e. The van der Waals surface area contributed by atoms with E-state index in [1.807, 2.05) is 30.5 Å². The molecule has 4 nitrogen and oxygen atoms in total. The molecule has 14 heavy (non-hydrogen) atoms. The average Bonchev–Trinajstić information content (AvgIpc) is 2.69. The number of nitrogens with two attached hydrogens (primary N) is 1. The molecular weight excluding hydrogens is 196 g/mol. The fourth-order valence-corrected chi connectivity index (χ4v) is 1.87. The Kier molecular flexibility index (Phi) is 2.43. The number of thiophene rings is 1. The smallest absolute Gasteiger partial charge is 0.237 e. The molecule has 0 bridgehead atoms. The molecule has 0 saturated heterocycles.